The highest BCUT2D eigenvalue weighted by Gasteiger charge is 2.45. The predicted molar refractivity (Wildman–Crippen MR) is 283 cm³/mol. The normalized spacial score (nSPS) is 16.7. The predicted octanol–water partition coefficient (Wildman–Crippen LogP) is 19.2. The van der Waals surface area contributed by atoms with Crippen LogP contribution in [0.2, 0.25) is 10.0 Å². The largest absolute Gasteiger partial charge is 0.455 e. The maximum absolute atomic E-state index is 6.53. The molecule has 0 amide bonds. The summed E-state index contributed by atoms with van der Waals surface area (Å²) in [6.45, 7) is 18.6. The molecule has 0 N–H and O–H groups in total. The number of para-hydroxylation sites is 2. The molecule has 0 saturated heterocycles. The SMILES string of the molecule is CC1(C)c2cc(Cl)ccc2-c2cc3c(cc21)-c1c(cc(Br)c2c1oc1ccccc12)C3(C)C.CC1(C)c2cc(Cl)ccc2-c2cc3c(cc21)-c1c(cc(Br)c2oc4ccccc4c12)C3(C)C. The fourth-order valence-electron chi connectivity index (χ4n) is 12.5. The molecule has 0 fully saturated rings. The summed E-state index contributed by atoms with van der Waals surface area (Å²) < 4.78 is 15.0. The van der Waals surface area contributed by atoms with Gasteiger partial charge in [-0.3, -0.25) is 0 Å². The van der Waals surface area contributed by atoms with Crippen LogP contribution in [0.4, 0.5) is 0 Å². The summed E-state index contributed by atoms with van der Waals surface area (Å²) in [4.78, 5) is 0. The average Bonchev–Trinajstić information content (AvgIpc) is 4.06. The third kappa shape index (κ3) is 5.20. The van der Waals surface area contributed by atoms with E-state index in [4.69, 9.17) is 32.0 Å². The molecule has 2 nitrogen and oxygen atoms in total. The Bertz CT molecular complexity index is 3870. The first kappa shape index (κ1) is 41.1. The van der Waals surface area contributed by atoms with E-state index in [9.17, 15) is 0 Å². The first-order valence-corrected chi connectivity index (χ1v) is 25.0. The highest BCUT2D eigenvalue weighted by molar-refractivity contribution is 9.11. The molecule has 2 aromatic heterocycles. The van der Waals surface area contributed by atoms with E-state index in [1.54, 1.807) is 0 Å². The Labute approximate surface area is 411 Å². The van der Waals surface area contributed by atoms with Gasteiger partial charge in [-0.1, -0.05) is 143 Å². The van der Waals surface area contributed by atoms with Crippen LogP contribution in [0.15, 0.2) is 139 Å². The van der Waals surface area contributed by atoms with Gasteiger partial charge in [-0.2, -0.15) is 0 Å². The maximum atomic E-state index is 6.53. The summed E-state index contributed by atoms with van der Waals surface area (Å²) in [5.41, 5.74) is 24.4. The summed E-state index contributed by atoms with van der Waals surface area (Å²) in [6.07, 6.45) is 0. The van der Waals surface area contributed by atoms with Crippen molar-refractivity contribution in [3.63, 3.8) is 0 Å². The molecule has 0 unspecified atom stereocenters. The highest BCUT2D eigenvalue weighted by atomic mass is 79.9. The minimum Gasteiger partial charge on any atom is -0.455 e. The van der Waals surface area contributed by atoms with Crippen LogP contribution in [-0.4, -0.2) is 0 Å². The first-order valence-electron chi connectivity index (χ1n) is 22.7. The molecule has 0 spiro atoms. The molecule has 4 aliphatic carbocycles. The summed E-state index contributed by atoms with van der Waals surface area (Å²) in [7, 11) is 0. The average molecular weight is 1030 g/mol. The summed E-state index contributed by atoms with van der Waals surface area (Å²) in [5.74, 6) is 0. The van der Waals surface area contributed by atoms with Crippen LogP contribution in [0.5, 0.6) is 0 Å². The lowest BCUT2D eigenvalue weighted by Gasteiger charge is -2.24. The van der Waals surface area contributed by atoms with Gasteiger partial charge in [0.05, 0.1) is 4.47 Å². The van der Waals surface area contributed by atoms with Gasteiger partial charge in [0.15, 0.2) is 0 Å². The Kier molecular flexibility index (Phi) is 8.30. The van der Waals surface area contributed by atoms with Crippen LogP contribution in [0.25, 0.3) is 88.4 Å². The number of hydrogen-bond acceptors (Lipinski definition) is 2. The van der Waals surface area contributed by atoms with Gasteiger partial charge in [-0.25, -0.2) is 0 Å². The van der Waals surface area contributed by atoms with E-state index in [1.807, 2.05) is 24.3 Å². The summed E-state index contributed by atoms with van der Waals surface area (Å²) >= 11 is 20.5. The lowest BCUT2D eigenvalue weighted by molar-refractivity contribution is 0.649. The molecule has 0 bridgehead atoms. The molecule has 324 valence electrons. The zero-order valence-corrected chi connectivity index (χ0v) is 42.6. The highest BCUT2D eigenvalue weighted by Crippen LogP contribution is 2.61. The molecule has 14 rings (SSSR count). The van der Waals surface area contributed by atoms with Crippen LogP contribution in [0, 0.1) is 0 Å². The second-order valence-electron chi connectivity index (χ2n) is 20.9. The minimum absolute atomic E-state index is 0.107. The maximum Gasteiger partial charge on any atom is 0.150 e. The zero-order chi connectivity index (χ0) is 45.7. The Hall–Kier alpha value is -5.10. The number of benzene rings is 8. The second kappa shape index (κ2) is 13.3. The lowest BCUT2D eigenvalue weighted by atomic mass is 9.79. The quantitative estimate of drug-likeness (QED) is 0.151. The topological polar surface area (TPSA) is 26.3 Å². The first-order chi connectivity index (χ1) is 31.4. The van der Waals surface area contributed by atoms with Crippen LogP contribution in [-0.2, 0) is 21.7 Å². The van der Waals surface area contributed by atoms with E-state index >= 15 is 0 Å². The Morgan fingerprint density at radius 2 is 0.758 bits per heavy atom. The summed E-state index contributed by atoms with van der Waals surface area (Å²) in [6, 6.07) is 43.6. The Morgan fingerprint density at radius 3 is 1.30 bits per heavy atom. The molecule has 0 saturated carbocycles. The molecule has 0 radical (unpaired) electrons. The fraction of sp³-hybridized carbons (Fsp3) is 0.200. The number of furan rings is 2. The standard InChI is InChI=1S/2C30H22BrClO/c1-29(2)20-11-15(32)9-10-16(20)18-12-22-19(13-21(18)29)26-23(30(22,3)4)14-24(31)28-27(26)17-7-5-6-8-25(17)33-28;1-29(2)20-11-15(32)9-10-16(20)18-12-22-19(13-21(18)29)26-23(30(22,3)4)14-24(31)27-17-7-5-6-8-25(17)33-28(26)27/h2*5-14H,1-4H3. The smallest absolute Gasteiger partial charge is 0.150 e. The van der Waals surface area contributed by atoms with Crippen LogP contribution in [0.1, 0.15) is 99.9 Å². The van der Waals surface area contributed by atoms with Gasteiger partial charge in [-0.05, 0) is 172 Å². The molecule has 0 aliphatic heterocycles. The van der Waals surface area contributed by atoms with Gasteiger partial charge >= 0.3 is 0 Å². The van der Waals surface area contributed by atoms with Gasteiger partial charge in [0.1, 0.15) is 22.3 Å². The van der Waals surface area contributed by atoms with Gasteiger partial charge in [-0.15, -0.1) is 0 Å². The van der Waals surface area contributed by atoms with Gasteiger partial charge in [0.2, 0.25) is 0 Å². The van der Waals surface area contributed by atoms with Gasteiger partial charge in [0, 0.05) is 63.3 Å². The summed E-state index contributed by atoms with van der Waals surface area (Å²) in [5, 5.41) is 6.27. The van der Waals surface area contributed by atoms with E-state index in [1.165, 1.54) is 99.8 Å². The van der Waals surface area contributed by atoms with Crippen molar-refractivity contribution in [3.8, 4) is 44.5 Å². The van der Waals surface area contributed by atoms with E-state index in [0.29, 0.717) is 0 Å². The fourth-order valence-corrected chi connectivity index (χ4v) is 14.0. The van der Waals surface area contributed by atoms with Crippen LogP contribution >= 0.6 is 55.1 Å². The molecule has 66 heavy (non-hydrogen) atoms. The van der Waals surface area contributed by atoms with E-state index in [0.717, 1.165) is 52.1 Å². The van der Waals surface area contributed by atoms with E-state index in [-0.39, 0.29) is 21.7 Å². The van der Waals surface area contributed by atoms with Crippen molar-refractivity contribution < 1.29 is 8.83 Å². The lowest BCUT2D eigenvalue weighted by Crippen LogP contribution is -2.17. The molecule has 10 aromatic rings. The molecule has 0 atom stereocenters. The number of hydrogen-bond donors (Lipinski definition) is 0. The molecular weight excluding hydrogens is 983 g/mol. The van der Waals surface area contributed by atoms with Crippen LogP contribution in [0.3, 0.4) is 0 Å². The number of halogens is 4. The van der Waals surface area contributed by atoms with Crippen molar-refractivity contribution in [3.05, 3.63) is 185 Å². The Morgan fingerprint density at radius 1 is 0.364 bits per heavy atom. The Balaban J connectivity index is 0.000000132. The van der Waals surface area contributed by atoms with Crippen molar-refractivity contribution >= 4 is 98.9 Å². The van der Waals surface area contributed by atoms with E-state index in [2.05, 4.69) is 184 Å². The molecule has 2 heterocycles. The zero-order valence-electron chi connectivity index (χ0n) is 37.9. The van der Waals surface area contributed by atoms with E-state index < -0.39 is 0 Å². The van der Waals surface area contributed by atoms with Crippen molar-refractivity contribution in [1.29, 1.82) is 0 Å². The van der Waals surface area contributed by atoms with Gasteiger partial charge < -0.3 is 8.83 Å². The van der Waals surface area contributed by atoms with Crippen molar-refractivity contribution in [1.82, 2.24) is 0 Å². The molecule has 6 heteroatoms. The van der Waals surface area contributed by atoms with Gasteiger partial charge in [0.25, 0.3) is 0 Å². The molecule has 4 aliphatic rings. The van der Waals surface area contributed by atoms with Crippen molar-refractivity contribution in [2.75, 3.05) is 0 Å². The molecule has 8 aromatic carbocycles. The van der Waals surface area contributed by atoms with Crippen molar-refractivity contribution in [2.24, 2.45) is 0 Å². The third-order valence-corrected chi connectivity index (χ3v) is 17.7. The molecular formula is C60H44Br2Cl2O2. The minimum atomic E-state index is -0.130. The monoisotopic (exact) mass is 1020 g/mol. The number of rotatable bonds is 0. The number of fused-ring (bicyclic) bond motifs is 20. The second-order valence-corrected chi connectivity index (χ2v) is 23.5. The third-order valence-electron chi connectivity index (χ3n) is 16.0. The van der Waals surface area contributed by atoms with Crippen molar-refractivity contribution in [2.45, 2.75) is 77.0 Å². The van der Waals surface area contributed by atoms with Crippen LogP contribution < -0.4 is 0 Å².